The molecule has 1 atom stereocenters. The van der Waals surface area contributed by atoms with Crippen molar-refractivity contribution in [2.75, 3.05) is 6.54 Å². The number of pyridine rings is 1. The lowest BCUT2D eigenvalue weighted by Crippen LogP contribution is -2.32. The van der Waals surface area contributed by atoms with E-state index in [1.165, 1.54) is 24.4 Å². The topological polar surface area (TPSA) is 82.2 Å². The lowest BCUT2D eigenvalue weighted by Gasteiger charge is -2.12. The normalized spacial score (nSPS) is 12.0. The first kappa shape index (κ1) is 14.9. The number of benzene rings is 1. The zero-order valence-corrected chi connectivity index (χ0v) is 10.8. The van der Waals surface area contributed by atoms with Crippen molar-refractivity contribution in [1.82, 2.24) is 10.3 Å². The number of aliphatic hydroxyl groups excluding tert-OH is 1. The van der Waals surface area contributed by atoms with E-state index in [0.29, 0.717) is 0 Å². The number of halogens is 2. The first-order valence-electron chi connectivity index (χ1n) is 6.08. The van der Waals surface area contributed by atoms with Crippen LogP contribution >= 0.6 is 0 Å². The molecule has 7 heteroatoms. The van der Waals surface area contributed by atoms with E-state index < -0.39 is 29.2 Å². The van der Waals surface area contributed by atoms with Gasteiger partial charge in [0.2, 0.25) is 0 Å². The number of aliphatic hydroxyl groups is 1. The second kappa shape index (κ2) is 6.27. The van der Waals surface area contributed by atoms with Crippen LogP contribution in [-0.4, -0.2) is 22.5 Å². The van der Waals surface area contributed by atoms with Gasteiger partial charge in [-0.2, -0.15) is 0 Å². The molecular formula is C14H12F2N2O3. The van der Waals surface area contributed by atoms with Gasteiger partial charge in [0.05, 0.1) is 6.10 Å². The Morgan fingerprint density at radius 1 is 1.29 bits per heavy atom. The molecule has 2 aromatic rings. The molecule has 1 amide bonds. The van der Waals surface area contributed by atoms with Crippen LogP contribution in [-0.2, 0) is 0 Å². The Bertz CT molecular complexity index is 715. The van der Waals surface area contributed by atoms with Crippen LogP contribution in [0.4, 0.5) is 8.78 Å². The van der Waals surface area contributed by atoms with Gasteiger partial charge in [-0.15, -0.1) is 0 Å². The van der Waals surface area contributed by atoms with Crippen molar-refractivity contribution < 1.29 is 18.7 Å². The van der Waals surface area contributed by atoms with Gasteiger partial charge in [-0.1, -0.05) is 6.07 Å². The second-order valence-electron chi connectivity index (χ2n) is 4.31. The summed E-state index contributed by atoms with van der Waals surface area (Å²) < 4.78 is 25.8. The minimum Gasteiger partial charge on any atom is -0.387 e. The van der Waals surface area contributed by atoms with Crippen LogP contribution in [0.25, 0.3) is 0 Å². The summed E-state index contributed by atoms with van der Waals surface area (Å²) in [4.78, 5) is 25.5. The molecule has 1 aromatic carbocycles. The van der Waals surface area contributed by atoms with Crippen molar-refractivity contribution in [2.24, 2.45) is 0 Å². The standard InChI is InChI=1S/C14H12F2N2O3/c15-10-4-3-8(6-11(10)16)12(19)7-18-14(21)9-2-1-5-17-13(9)20/h1-6,12,19H,7H2,(H,17,20)(H,18,21)/t12-/m0/s1. The molecule has 0 bridgehead atoms. The van der Waals surface area contributed by atoms with Gasteiger partial charge >= 0.3 is 0 Å². The largest absolute Gasteiger partial charge is 0.387 e. The second-order valence-corrected chi connectivity index (χ2v) is 4.31. The molecule has 1 heterocycles. The maximum absolute atomic E-state index is 13.0. The van der Waals surface area contributed by atoms with Crippen molar-refractivity contribution in [3.8, 4) is 0 Å². The van der Waals surface area contributed by atoms with Gasteiger partial charge in [0, 0.05) is 12.7 Å². The van der Waals surface area contributed by atoms with Crippen LogP contribution in [0, 0.1) is 11.6 Å². The lowest BCUT2D eigenvalue weighted by molar-refractivity contribution is 0.0914. The molecule has 21 heavy (non-hydrogen) atoms. The van der Waals surface area contributed by atoms with Crippen LogP contribution in [0.15, 0.2) is 41.3 Å². The zero-order chi connectivity index (χ0) is 15.4. The van der Waals surface area contributed by atoms with Crippen molar-refractivity contribution in [1.29, 1.82) is 0 Å². The predicted molar refractivity (Wildman–Crippen MR) is 70.7 cm³/mol. The highest BCUT2D eigenvalue weighted by atomic mass is 19.2. The SMILES string of the molecule is O=C(NC[C@H](O)c1ccc(F)c(F)c1)c1ccc[nH]c1=O. The average Bonchev–Trinajstić information content (AvgIpc) is 2.47. The molecule has 0 aliphatic carbocycles. The van der Waals surface area contributed by atoms with E-state index in [1.807, 2.05) is 0 Å². The number of carbonyl (C=O) groups excluding carboxylic acids is 1. The number of H-pyrrole nitrogens is 1. The quantitative estimate of drug-likeness (QED) is 0.790. The van der Waals surface area contributed by atoms with Crippen LogP contribution in [0.3, 0.4) is 0 Å². The molecule has 0 saturated heterocycles. The van der Waals surface area contributed by atoms with Gasteiger partial charge in [-0.3, -0.25) is 9.59 Å². The Morgan fingerprint density at radius 3 is 2.71 bits per heavy atom. The Balaban J connectivity index is 2.02. The van der Waals surface area contributed by atoms with Crippen molar-refractivity contribution in [3.63, 3.8) is 0 Å². The fourth-order valence-electron chi connectivity index (χ4n) is 1.72. The van der Waals surface area contributed by atoms with Crippen molar-refractivity contribution in [2.45, 2.75) is 6.10 Å². The molecule has 0 saturated carbocycles. The number of aromatic amines is 1. The number of amides is 1. The van der Waals surface area contributed by atoms with E-state index in [0.717, 1.165) is 12.1 Å². The Kier molecular flexibility index (Phi) is 4.44. The maximum atomic E-state index is 13.0. The highest BCUT2D eigenvalue weighted by Gasteiger charge is 2.14. The van der Waals surface area contributed by atoms with Crippen LogP contribution in [0.2, 0.25) is 0 Å². The monoisotopic (exact) mass is 294 g/mol. The van der Waals surface area contributed by atoms with E-state index in [-0.39, 0.29) is 17.7 Å². The molecule has 110 valence electrons. The van der Waals surface area contributed by atoms with Gasteiger partial charge in [0.25, 0.3) is 11.5 Å². The molecule has 5 nitrogen and oxygen atoms in total. The molecular weight excluding hydrogens is 282 g/mol. The zero-order valence-electron chi connectivity index (χ0n) is 10.8. The van der Waals surface area contributed by atoms with E-state index in [1.54, 1.807) is 0 Å². The molecule has 0 fully saturated rings. The summed E-state index contributed by atoms with van der Waals surface area (Å²) in [6.07, 6.45) is 0.168. The highest BCUT2D eigenvalue weighted by molar-refractivity contribution is 5.93. The number of carbonyl (C=O) groups is 1. The number of hydrogen-bond donors (Lipinski definition) is 3. The summed E-state index contributed by atoms with van der Waals surface area (Å²) in [6, 6.07) is 5.77. The van der Waals surface area contributed by atoms with Crippen molar-refractivity contribution >= 4 is 5.91 Å². The fraction of sp³-hybridized carbons (Fsp3) is 0.143. The van der Waals surface area contributed by atoms with Crippen LogP contribution in [0.1, 0.15) is 22.0 Å². The minimum atomic E-state index is -1.22. The summed E-state index contributed by atoms with van der Waals surface area (Å²) in [6.45, 7) is -0.238. The van der Waals surface area contributed by atoms with Crippen LogP contribution < -0.4 is 10.9 Å². The maximum Gasteiger partial charge on any atom is 0.260 e. The third-order valence-electron chi connectivity index (χ3n) is 2.85. The Labute approximate surface area is 118 Å². The summed E-state index contributed by atoms with van der Waals surface area (Å²) in [5.74, 6) is -2.78. The van der Waals surface area contributed by atoms with E-state index in [4.69, 9.17) is 0 Å². The first-order valence-corrected chi connectivity index (χ1v) is 6.08. The van der Waals surface area contributed by atoms with Gasteiger partial charge in [0.1, 0.15) is 5.56 Å². The molecule has 0 radical (unpaired) electrons. The number of rotatable bonds is 4. The first-order chi connectivity index (χ1) is 9.99. The van der Waals surface area contributed by atoms with Crippen LogP contribution in [0.5, 0.6) is 0 Å². The number of aromatic nitrogens is 1. The smallest absolute Gasteiger partial charge is 0.260 e. The summed E-state index contributed by atoms with van der Waals surface area (Å²) in [7, 11) is 0. The van der Waals surface area contributed by atoms with Gasteiger partial charge in [-0.25, -0.2) is 8.78 Å². The summed E-state index contributed by atoms with van der Waals surface area (Å²) >= 11 is 0. The number of nitrogens with one attached hydrogen (secondary N) is 2. The molecule has 3 N–H and O–H groups in total. The van der Waals surface area contributed by atoms with Gasteiger partial charge < -0.3 is 15.4 Å². The van der Waals surface area contributed by atoms with Gasteiger partial charge in [0.15, 0.2) is 11.6 Å². The predicted octanol–water partition coefficient (Wildman–Crippen LogP) is 1.12. The highest BCUT2D eigenvalue weighted by Crippen LogP contribution is 2.15. The molecule has 2 rings (SSSR count). The molecule has 0 spiro atoms. The van der Waals surface area contributed by atoms with E-state index in [2.05, 4.69) is 10.3 Å². The third-order valence-corrected chi connectivity index (χ3v) is 2.85. The molecule has 0 aliphatic rings. The lowest BCUT2D eigenvalue weighted by atomic mass is 10.1. The Hall–Kier alpha value is -2.54. The van der Waals surface area contributed by atoms with Gasteiger partial charge in [-0.05, 0) is 29.8 Å². The summed E-state index contributed by atoms with van der Waals surface area (Å²) in [5.41, 5.74) is -0.538. The third kappa shape index (κ3) is 3.51. The minimum absolute atomic E-state index is 0.102. The molecule has 0 unspecified atom stereocenters. The molecule has 1 aromatic heterocycles. The Morgan fingerprint density at radius 2 is 2.05 bits per heavy atom. The van der Waals surface area contributed by atoms with E-state index in [9.17, 15) is 23.5 Å². The number of hydrogen-bond acceptors (Lipinski definition) is 3. The summed E-state index contributed by atoms with van der Waals surface area (Å²) in [5, 5.41) is 12.2. The molecule has 0 aliphatic heterocycles. The van der Waals surface area contributed by atoms with E-state index >= 15 is 0 Å². The van der Waals surface area contributed by atoms with Crippen molar-refractivity contribution in [3.05, 3.63) is 69.6 Å². The average molecular weight is 294 g/mol. The fourth-order valence-corrected chi connectivity index (χ4v) is 1.72.